The lowest BCUT2D eigenvalue weighted by molar-refractivity contribution is 0.0594. The van der Waals surface area contributed by atoms with E-state index in [-0.39, 0.29) is 6.04 Å². The zero-order valence-corrected chi connectivity index (χ0v) is 7.72. The van der Waals surface area contributed by atoms with Gasteiger partial charge < -0.3 is 10.5 Å². The van der Waals surface area contributed by atoms with E-state index in [0.717, 1.165) is 5.01 Å². The number of thiazole rings is 1. The molecule has 0 bridgehead atoms. The van der Waals surface area contributed by atoms with Crippen LogP contribution in [0.1, 0.15) is 28.5 Å². The Morgan fingerprint density at radius 3 is 2.92 bits per heavy atom. The molecule has 0 fully saturated rings. The van der Waals surface area contributed by atoms with E-state index >= 15 is 0 Å². The van der Waals surface area contributed by atoms with Crippen molar-refractivity contribution in [1.29, 1.82) is 0 Å². The first kappa shape index (κ1) is 9.15. The molecule has 0 aromatic carbocycles. The molecular formula is C7H10N2O2S. The average Bonchev–Trinajstić information content (AvgIpc) is 2.51. The summed E-state index contributed by atoms with van der Waals surface area (Å²) in [6, 6.07) is -0.131. The zero-order chi connectivity index (χ0) is 9.14. The fourth-order valence-electron chi connectivity index (χ4n) is 0.695. The number of carbonyl (C=O) groups excluding carboxylic acids is 1. The van der Waals surface area contributed by atoms with Crippen molar-refractivity contribution < 1.29 is 9.53 Å². The Hall–Kier alpha value is -0.940. The second kappa shape index (κ2) is 3.64. The molecule has 0 radical (unpaired) electrons. The normalized spacial score (nSPS) is 12.6. The number of ether oxygens (including phenoxy) is 1. The second-order valence-electron chi connectivity index (χ2n) is 2.35. The lowest BCUT2D eigenvalue weighted by atomic mass is 10.4. The van der Waals surface area contributed by atoms with Crippen molar-refractivity contribution in [1.82, 2.24) is 4.98 Å². The first-order valence-corrected chi connectivity index (χ1v) is 4.32. The highest BCUT2D eigenvalue weighted by atomic mass is 32.1. The molecule has 0 aliphatic carbocycles. The van der Waals surface area contributed by atoms with Gasteiger partial charge in [0, 0.05) is 5.38 Å². The molecule has 0 amide bonds. The number of aromatic nitrogens is 1. The maximum absolute atomic E-state index is 10.9. The van der Waals surface area contributed by atoms with Crippen LogP contribution < -0.4 is 5.73 Å². The summed E-state index contributed by atoms with van der Waals surface area (Å²) in [6.07, 6.45) is 0. The van der Waals surface area contributed by atoms with E-state index in [1.54, 1.807) is 5.38 Å². The first-order chi connectivity index (χ1) is 5.65. The van der Waals surface area contributed by atoms with Gasteiger partial charge >= 0.3 is 5.97 Å². The van der Waals surface area contributed by atoms with E-state index in [4.69, 9.17) is 5.73 Å². The Kier molecular flexibility index (Phi) is 2.78. The minimum Gasteiger partial charge on any atom is -0.464 e. The number of rotatable bonds is 2. The SMILES string of the molecule is COC(=O)c1csc(C(C)N)n1. The van der Waals surface area contributed by atoms with Gasteiger partial charge in [-0.3, -0.25) is 0 Å². The second-order valence-corrected chi connectivity index (χ2v) is 3.24. The fourth-order valence-corrected chi connectivity index (χ4v) is 1.44. The molecule has 1 rings (SSSR count). The molecule has 1 atom stereocenters. The summed E-state index contributed by atoms with van der Waals surface area (Å²) < 4.78 is 4.49. The third-order valence-corrected chi connectivity index (χ3v) is 2.35. The van der Waals surface area contributed by atoms with Gasteiger partial charge in [-0.25, -0.2) is 9.78 Å². The Labute approximate surface area is 74.4 Å². The van der Waals surface area contributed by atoms with Gasteiger partial charge in [-0.2, -0.15) is 0 Å². The summed E-state index contributed by atoms with van der Waals surface area (Å²) in [5.41, 5.74) is 5.89. The molecule has 4 nitrogen and oxygen atoms in total. The number of hydrogen-bond donors (Lipinski definition) is 1. The summed E-state index contributed by atoms with van der Waals surface area (Å²) in [6.45, 7) is 1.82. The molecular weight excluding hydrogens is 176 g/mol. The number of esters is 1. The van der Waals surface area contributed by atoms with Crippen molar-refractivity contribution in [3.63, 3.8) is 0 Å². The maximum atomic E-state index is 10.9. The van der Waals surface area contributed by atoms with Gasteiger partial charge in [0.2, 0.25) is 0 Å². The van der Waals surface area contributed by atoms with Crippen LogP contribution in [-0.2, 0) is 4.74 Å². The Morgan fingerprint density at radius 1 is 1.83 bits per heavy atom. The number of hydrogen-bond acceptors (Lipinski definition) is 5. The van der Waals surface area contributed by atoms with Gasteiger partial charge in [0.15, 0.2) is 5.69 Å². The average molecular weight is 186 g/mol. The van der Waals surface area contributed by atoms with Gasteiger partial charge in [0.05, 0.1) is 13.2 Å². The van der Waals surface area contributed by atoms with E-state index in [1.165, 1.54) is 18.4 Å². The first-order valence-electron chi connectivity index (χ1n) is 3.44. The molecule has 66 valence electrons. The highest BCUT2D eigenvalue weighted by Gasteiger charge is 2.11. The quantitative estimate of drug-likeness (QED) is 0.698. The lowest BCUT2D eigenvalue weighted by Gasteiger charge is -1.96. The lowest BCUT2D eigenvalue weighted by Crippen LogP contribution is -2.06. The van der Waals surface area contributed by atoms with Crippen molar-refractivity contribution in [2.45, 2.75) is 13.0 Å². The maximum Gasteiger partial charge on any atom is 0.357 e. The zero-order valence-electron chi connectivity index (χ0n) is 6.90. The minimum absolute atomic E-state index is 0.131. The van der Waals surface area contributed by atoms with Crippen molar-refractivity contribution in [3.8, 4) is 0 Å². The molecule has 1 aromatic rings. The Morgan fingerprint density at radius 2 is 2.50 bits per heavy atom. The number of nitrogens with two attached hydrogens (primary N) is 1. The van der Waals surface area contributed by atoms with Crippen LogP contribution in [0.5, 0.6) is 0 Å². The third kappa shape index (κ3) is 1.80. The van der Waals surface area contributed by atoms with Gasteiger partial charge in [-0.05, 0) is 6.92 Å². The third-order valence-electron chi connectivity index (χ3n) is 1.31. The van der Waals surface area contributed by atoms with Crippen molar-refractivity contribution in [3.05, 3.63) is 16.1 Å². The molecule has 1 unspecified atom stereocenters. The summed E-state index contributed by atoms with van der Waals surface area (Å²) in [7, 11) is 1.33. The molecule has 0 saturated carbocycles. The molecule has 1 heterocycles. The molecule has 12 heavy (non-hydrogen) atoms. The molecule has 0 aliphatic heterocycles. The summed E-state index contributed by atoms with van der Waals surface area (Å²) >= 11 is 1.36. The molecule has 0 aliphatic rings. The van der Waals surface area contributed by atoms with E-state index in [9.17, 15) is 4.79 Å². The molecule has 0 saturated heterocycles. The van der Waals surface area contributed by atoms with Crippen LogP contribution in [0.15, 0.2) is 5.38 Å². The summed E-state index contributed by atoms with van der Waals surface area (Å²) in [5.74, 6) is -0.418. The fraction of sp³-hybridized carbons (Fsp3) is 0.429. The Bertz CT molecular complexity index is 283. The standard InChI is InChI=1S/C7H10N2O2S/c1-4(8)6-9-5(3-12-6)7(10)11-2/h3-4H,8H2,1-2H3. The molecule has 1 aromatic heterocycles. The minimum atomic E-state index is -0.418. The van der Waals surface area contributed by atoms with Crippen molar-refractivity contribution in [2.24, 2.45) is 5.73 Å². The molecule has 5 heteroatoms. The molecule has 0 spiro atoms. The summed E-state index contributed by atoms with van der Waals surface area (Å²) in [4.78, 5) is 14.9. The number of carbonyl (C=O) groups is 1. The number of methoxy groups -OCH3 is 1. The monoisotopic (exact) mass is 186 g/mol. The van der Waals surface area contributed by atoms with Gasteiger partial charge in [0.25, 0.3) is 0 Å². The van der Waals surface area contributed by atoms with Crippen LogP contribution in [0.25, 0.3) is 0 Å². The predicted octanol–water partition coefficient (Wildman–Crippen LogP) is 0.949. The molecule has 2 N–H and O–H groups in total. The van der Waals surface area contributed by atoms with Crippen LogP contribution in [0.2, 0.25) is 0 Å². The highest BCUT2D eigenvalue weighted by Crippen LogP contribution is 2.15. The highest BCUT2D eigenvalue weighted by molar-refractivity contribution is 7.09. The van der Waals surface area contributed by atoms with Gasteiger partial charge in [0.1, 0.15) is 5.01 Å². The van der Waals surface area contributed by atoms with Crippen LogP contribution in [-0.4, -0.2) is 18.1 Å². The topological polar surface area (TPSA) is 65.2 Å². The predicted molar refractivity (Wildman–Crippen MR) is 46.1 cm³/mol. The van der Waals surface area contributed by atoms with E-state index < -0.39 is 5.97 Å². The van der Waals surface area contributed by atoms with E-state index in [2.05, 4.69) is 9.72 Å². The van der Waals surface area contributed by atoms with Gasteiger partial charge in [-0.1, -0.05) is 0 Å². The van der Waals surface area contributed by atoms with Gasteiger partial charge in [-0.15, -0.1) is 11.3 Å². The van der Waals surface area contributed by atoms with Crippen LogP contribution in [0.4, 0.5) is 0 Å². The van der Waals surface area contributed by atoms with E-state index in [0.29, 0.717) is 5.69 Å². The van der Waals surface area contributed by atoms with Crippen LogP contribution >= 0.6 is 11.3 Å². The smallest absolute Gasteiger partial charge is 0.357 e. The number of nitrogens with zero attached hydrogens (tertiary/aromatic N) is 1. The Balaban J connectivity index is 2.84. The van der Waals surface area contributed by atoms with Crippen LogP contribution in [0, 0.1) is 0 Å². The van der Waals surface area contributed by atoms with Crippen molar-refractivity contribution >= 4 is 17.3 Å². The van der Waals surface area contributed by atoms with Crippen LogP contribution in [0.3, 0.4) is 0 Å². The van der Waals surface area contributed by atoms with E-state index in [1.807, 2.05) is 6.92 Å². The largest absolute Gasteiger partial charge is 0.464 e. The van der Waals surface area contributed by atoms with Crippen molar-refractivity contribution in [2.75, 3.05) is 7.11 Å². The summed E-state index contributed by atoms with van der Waals surface area (Å²) in [5, 5.41) is 2.39.